The van der Waals surface area contributed by atoms with Gasteiger partial charge in [-0.2, -0.15) is 13.2 Å². The van der Waals surface area contributed by atoms with Crippen molar-refractivity contribution in [3.63, 3.8) is 0 Å². The summed E-state index contributed by atoms with van der Waals surface area (Å²) in [4.78, 5) is 27.0. The van der Waals surface area contributed by atoms with Gasteiger partial charge in [0.2, 0.25) is 5.88 Å². The van der Waals surface area contributed by atoms with Crippen molar-refractivity contribution < 1.29 is 22.7 Å². The van der Waals surface area contributed by atoms with Crippen LogP contribution >= 0.6 is 0 Å². The Morgan fingerprint density at radius 1 is 0.975 bits per heavy atom. The van der Waals surface area contributed by atoms with Gasteiger partial charge in [-0.25, -0.2) is 9.97 Å². The van der Waals surface area contributed by atoms with Crippen LogP contribution in [0, 0.1) is 0 Å². The summed E-state index contributed by atoms with van der Waals surface area (Å²) >= 11 is 0. The van der Waals surface area contributed by atoms with Crippen LogP contribution in [0.4, 0.5) is 18.9 Å². The fourth-order valence-corrected chi connectivity index (χ4v) is 4.96. The first kappa shape index (κ1) is 27.5. The molecule has 0 unspecified atom stereocenters. The molecule has 2 aromatic heterocycles. The lowest BCUT2D eigenvalue weighted by molar-refractivity contribution is -0.141. The van der Waals surface area contributed by atoms with Gasteiger partial charge in [-0.05, 0) is 67.8 Å². The summed E-state index contributed by atoms with van der Waals surface area (Å²) in [7, 11) is 0. The molecule has 5 rings (SSSR count). The summed E-state index contributed by atoms with van der Waals surface area (Å²) in [5.74, 6) is 1.02. The first-order chi connectivity index (χ1) is 19.1. The molecule has 0 amide bonds. The Balaban J connectivity index is 1.19. The molecular formula is C30H30F3N5O2. The van der Waals surface area contributed by atoms with Crippen LogP contribution in [0.3, 0.4) is 0 Å². The summed E-state index contributed by atoms with van der Waals surface area (Å²) in [6.07, 6.45) is -1.05. The van der Waals surface area contributed by atoms with Crippen LogP contribution in [0.2, 0.25) is 0 Å². The number of aryl methyl sites for hydroxylation is 1. The molecule has 1 aliphatic heterocycles. The molecule has 1 N–H and O–H groups in total. The van der Waals surface area contributed by atoms with Crippen LogP contribution < -0.4 is 15.0 Å². The van der Waals surface area contributed by atoms with Crippen molar-refractivity contribution in [2.45, 2.75) is 51.4 Å². The molecule has 1 saturated heterocycles. The second-order valence-electron chi connectivity index (χ2n) is 10.3. The van der Waals surface area contributed by atoms with Crippen molar-refractivity contribution in [2.75, 3.05) is 18.0 Å². The number of hydrogen-bond donors (Lipinski definition) is 1. The lowest BCUT2D eigenvalue weighted by Gasteiger charge is -2.37. The van der Waals surface area contributed by atoms with Gasteiger partial charge in [0, 0.05) is 49.9 Å². The molecule has 0 radical (unpaired) electrons. The molecule has 208 valence electrons. The number of benzene rings is 2. The molecule has 2 aromatic carbocycles. The van der Waals surface area contributed by atoms with E-state index in [4.69, 9.17) is 4.74 Å². The fourth-order valence-electron chi connectivity index (χ4n) is 4.96. The van der Waals surface area contributed by atoms with Crippen molar-refractivity contribution in [2.24, 2.45) is 0 Å². The maximum absolute atomic E-state index is 12.7. The van der Waals surface area contributed by atoms with Crippen LogP contribution in [-0.2, 0) is 23.8 Å². The highest BCUT2D eigenvalue weighted by Crippen LogP contribution is 2.30. The van der Waals surface area contributed by atoms with Crippen molar-refractivity contribution in [1.82, 2.24) is 20.3 Å². The number of fused-ring (bicyclic) bond motifs is 1. The molecule has 0 spiro atoms. The first-order valence-corrected chi connectivity index (χ1v) is 13.2. The van der Waals surface area contributed by atoms with Crippen molar-refractivity contribution in [1.29, 1.82) is 0 Å². The van der Waals surface area contributed by atoms with E-state index in [-0.39, 0.29) is 18.6 Å². The van der Waals surface area contributed by atoms with Gasteiger partial charge in [0.1, 0.15) is 23.6 Å². The Labute approximate surface area is 230 Å². The van der Waals surface area contributed by atoms with Crippen LogP contribution in [0.15, 0.2) is 67.1 Å². The number of carbonyl (C=O) groups is 1. The summed E-state index contributed by atoms with van der Waals surface area (Å²) < 4.78 is 44.0. The number of nitrogens with one attached hydrogen (secondary N) is 1. The lowest BCUT2D eigenvalue weighted by atomic mass is 10.0. The molecule has 4 aromatic rings. The van der Waals surface area contributed by atoms with Gasteiger partial charge in [-0.15, -0.1) is 0 Å². The third-order valence-electron chi connectivity index (χ3n) is 6.85. The predicted molar refractivity (Wildman–Crippen MR) is 147 cm³/mol. The van der Waals surface area contributed by atoms with Crippen molar-refractivity contribution in [3.05, 3.63) is 83.9 Å². The summed E-state index contributed by atoms with van der Waals surface area (Å²) in [5.41, 5.74) is 2.38. The highest BCUT2D eigenvalue weighted by Gasteiger charge is 2.32. The summed E-state index contributed by atoms with van der Waals surface area (Å²) in [6.45, 7) is 6.21. The van der Waals surface area contributed by atoms with E-state index < -0.39 is 11.9 Å². The third kappa shape index (κ3) is 6.74. The van der Waals surface area contributed by atoms with Crippen molar-refractivity contribution in [3.8, 4) is 11.6 Å². The average molecular weight is 550 g/mol. The second kappa shape index (κ2) is 11.6. The van der Waals surface area contributed by atoms with Gasteiger partial charge in [-0.3, -0.25) is 9.78 Å². The second-order valence-corrected chi connectivity index (χ2v) is 10.3. The van der Waals surface area contributed by atoms with E-state index >= 15 is 0 Å². The fraction of sp³-hybridized carbons (Fsp3) is 0.333. The predicted octanol–water partition coefficient (Wildman–Crippen LogP) is 5.77. The van der Waals surface area contributed by atoms with Gasteiger partial charge < -0.3 is 15.0 Å². The lowest BCUT2D eigenvalue weighted by Crippen LogP contribution is -2.54. The summed E-state index contributed by atoms with van der Waals surface area (Å²) in [6, 6.07) is 16.4. The molecule has 0 bridgehead atoms. The number of anilines is 1. The number of Topliss-reactive ketones (excluding diaryl/α,β-unsaturated/α-hetero) is 1. The number of ketones is 1. The Hall–Kier alpha value is -4.05. The maximum Gasteiger partial charge on any atom is 0.433 e. The standard InChI is InChI=1S/C30H30F3N5O2/c1-19-16-38(17-20(2)37-19)23-7-11-26-27(14-23)35-18-36-29(26)40-25-9-4-21(5-10-25)13-24(39)8-3-22-6-12-28(34-15-22)30(31,32)33/h4-7,9-12,14-15,18-20,37H,3,8,13,16-17H2,1-2H3/t19-,20+. The minimum Gasteiger partial charge on any atom is -0.438 e. The highest BCUT2D eigenvalue weighted by atomic mass is 19.4. The van der Waals surface area contributed by atoms with Crippen LogP contribution in [0.25, 0.3) is 10.9 Å². The molecule has 0 saturated carbocycles. The van der Waals surface area contributed by atoms with Crippen LogP contribution in [-0.4, -0.2) is 45.9 Å². The number of nitrogens with zero attached hydrogens (tertiary/aromatic N) is 4. The van der Waals surface area contributed by atoms with E-state index in [1.165, 1.54) is 18.6 Å². The Morgan fingerprint density at radius 3 is 2.38 bits per heavy atom. The minimum absolute atomic E-state index is 0.0144. The number of carbonyl (C=O) groups excluding carboxylic acids is 1. The number of ether oxygens (including phenoxy) is 1. The molecule has 1 fully saturated rings. The first-order valence-electron chi connectivity index (χ1n) is 13.2. The Morgan fingerprint density at radius 2 is 1.70 bits per heavy atom. The SMILES string of the molecule is C[C@@H]1CN(c2ccc3c(Oc4ccc(CC(=O)CCc5ccc(C(F)(F)F)nc5)cc4)ncnc3c2)C[C@H](C)N1. The normalized spacial score (nSPS) is 17.7. The molecule has 3 heterocycles. The monoisotopic (exact) mass is 549 g/mol. The van der Waals surface area contributed by atoms with Gasteiger partial charge in [0.05, 0.1) is 10.9 Å². The van der Waals surface area contributed by atoms with Gasteiger partial charge in [-0.1, -0.05) is 18.2 Å². The van der Waals surface area contributed by atoms with E-state index in [1.54, 1.807) is 12.1 Å². The Kier molecular flexibility index (Phi) is 7.97. The largest absolute Gasteiger partial charge is 0.438 e. The highest BCUT2D eigenvalue weighted by molar-refractivity contribution is 5.86. The summed E-state index contributed by atoms with van der Waals surface area (Å²) in [5, 5.41) is 4.35. The van der Waals surface area contributed by atoms with E-state index in [0.717, 1.165) is 41.3 Å². The molecule has 2 atom stereocenters. The van der Waals surface area contributed by atoms with Gasteiger partial charge in [0.25, 0.3) is 0 Å². The number of alkyl halides is 3. The van der Waals surface area contributed by atoms with Crippen LogP contribution in [0.1, 0.15) is 37.1 Å². The van der Waals surface area contributed by atoms with Gasteiger partial charge >= 0.3 is 6.18 Å². The average Bonchev–Trinajstić information content (AvgIpc) is 2.92. The number of pyridine rings is 1. The molecule has 1 aliphatic rings. The van der Waals surface area contributed by atoms with E-state index in [1.807, 2.05) is 18.2 Å². The minimum atomic E-state index is -4.48. The quantitative estimate of drug-likeness (QED) is 0.299. The van der Waals surface area contributed by atoms with Crippen LogP contribution in [0.5, 0.6) is 11.6 Å². The zero-order valence-corrected chi connectivity index (χ0v) is 22.3. The van der Waals surface area contributed by atoms with E-state index in [2.05, 4.69) is 51.1 Å². The van der Waals surface area contributed by atoms with Gasteiger partial charge in [0.15, 0.2) is 0 Å². The third-order valence-corrected chi connectivity index (χ3v) is 6.85. The van der Waals surface area contributed by atoms with Crippen molar-refractivity contribution >= 4 is 22.4 Å². The number of aromatic nitrogens is 3. The van der Waals surface area contributed by atoms with E-state index in [0.29, 0.717) is 35.7 Å². The molecule has 10 heteroatoms. The number of rotatable bonds is 8. The number of piperazine rings is 1. The maximum atomic E-state index is 12.7. The Bertz CT molecular complexity index is 1470. The smallest absolute Gasteiger partial charge is 0.433 e. The molecule has 40 heavy (non-hydrogen) atoms. The molecule has 0 aliphatic carbocycles. The zero-order valence-electron chi connectivity index (χ0n) is 22.3. The molecule has 7 nitrogen and oxygen atoms in total. The number of halogens is 3. The zero-order chi connectivity index (χ0) is 28.3. The topological polar surface area (TPSA) is 80.2 Å². The van der Waals surface area contributed by atoms with E-state index in [9.17, 15) is 18.0 Å². The molecular weight excluding hydrogens is 519 g/mol. The number of hydrogen-bond acceptors (Lipinski definition) is 7.